The van der Waals surface area contributed by atoms with Gasteiger partial charge < -0.3 is 29.7 Å². The van der Waals surface area contributed by atoms with E-state index in [0.717, 1.165) is 0 Å². The number of fused-ring (bicyclic) bond motifs is 1. The van der Waals surface area contributed by atoms with Crippen LogP contribution in [0.25, 0.3) is 33.8 Å². The van der Waals surface area contributed by atoms with Gasteiger partial charge in [0.05, 0.1) is 13.2 Å². The molecule has 5 rings (SSSR count). The van der Waals surface area contributed by atoms with E-state index in [1.54, 1.807) is 36.4 Å². The summed E-state index contributed by atoms with van der Waals surface area (Å²) in [6.07, 6.45) is 1.20. The first kappa shape index (κ1) is 21.3. The van der Waals surface area contributed by atoms with E-state index in [2.05, 4.69) is 4.90 Å². The SMILES string of the molecule is N=Cc1c(N)cccc1-c1nc(N2CCOCC2)c2oc(-c3cccc(S(=O)[O-])c3)cc2n1. The number of hydrogen-bond donors (Lipinski definition) is 2. The van der Waals surface area contributed by atoms with Crippen molar-refractivity contribution < 1.29 is 17.9 Å². The molecule has 2 aromatic carbocycles. The van der Waals surface area contributed by atoms with Crippen LogP contribution in [-0.2, 0) is 15.8 Å². The molecule has 0 radical (unpaired) electrons. The van der Waals surface area contributed by atoms with Gasteiger partial charge in [-0.15, -0.1) is 0 Å². The Bertz CT molecular complexity index is 1380. The fraction of sp³-hybridized carbons (Fsp3) is 0.174. The zero-order valence-corrected chi connectivity index (χ0v) is 18.3. The van der Waals surface area contributed by atoms with Crippen molar-refractivity contribution in [2.24, 2.45) is 0 Å². The van der Waals surface area contributed by atoms with E-state index in [-0.39, 0.29) is 4.90 Å². The predicted molar refractivity (Wildman–Crippen MR) is 125 cm³/mol. The molecule has 3 N–H and O–H groups in total. The Morgan fingerprint density at radius 3 is 2.67 bits per heavy atom. The number of nitrogens with one attached hydrogen (secondary N) is 1. The molecule has 2 aromatic heterocycles. The summed E-state index contributed by atoms with van der Waals surface area (Å²) >= 11 is -2.35. The maximum atomic E-state index is 11.4. The molecule has 0 amide bonds. The lowest BCUT2D eigenvalue weighted by Gasteiger charge is -2.28. The van der Waals surface area contributed by atoms with Gasteiger partial charge in [0.25, 0.3) is 0 Å². The van der Waals surface area contributed by atoms with E-state index in [0.29, 0.717) is 77.2 Å². The van der Waals surface area contributed by atoms with Crippen molar-refractivity contribution in [2.45, 2.75) is 4.90 Å². The lowest BCUT2D eigenvalue weighted by Crippen LogP contribution is -2.37. The smallest absolute Gasteiger partial charge is 0.195 e. The Kier molecular flexibility index (Phi) is 5.63. The van der Waals surface area contributed by atoms with Crippen LogP contribution in [-0.4, -0.2) is 51.2 Å². The molecule has 3 heterocycles. The summed E-state index contributed by atoms with van der Waals surface area (Å²) in [4.78, 5) is 11.8. The first-order valence-electron chi connectivity index (χ1n) is 10.3. The second kappa shape index (κ2) is 8.74. The van der Waals surface area contributed by atoms with E-state index >= 15 is 0 Å². The molecule has 0 aliphatic carbocycles. The molecule has 1 aliphatic heterocycles. The van der Waals surface area contributed by atoms with Crippen LogP contribution in [0.3, 0.4) is 0 Å². The quantitative estimate of drug-likeness (QED) is 0.262. The van der Waals surface area contributed by atoms with Crippen molar-refractivity contribution in [3.63, 3.8) is 0 Å². The summed E-state index contributed by atoms with van der Waals surface area (Å²) in [6.45, 7) is 2.41. The lowest BCUT2D eigenvalue weighted by molar-refractivity contribution is 0.122. The van der Waals surface area contributed by atoms with Crippen LogP contribution < -0.4 is 10.6 Å². The Labute approximate surface area is 192 Å². The number of hydrogen-bond acceptors (Lipinski definition) is 9. The Morgan fingerprint density at radius 2 is 1.91 bits per heavy atom. The first-order valence-corrected chi connectivity index (χ1v) is 11.4. The van der Waals surface area contributed by atoms with E-state index in [4.69, 9.17) is 30.3 Å². The molecular formula is C23H20N5O4S-. The molecule has 1 aliphatic rings. The van der Waals surface area contributed by atoms with Gasteiger partial charge >= 0.3 is 0 Å². The maximum absolute atomic E-state index is 11.4. The van der Waals surface area contributed by atoms with E-state index in [1.807, 2.05) is 6.07 Å². The fourth-order valence-electron chi connectivity index (χ4n) is 3.86. The van der Waals surface area contributed by atoms with Crippen LogP contribution in [0.5, 0.6) is 0 Å². The number of nitrogens with zero attached hydrogens (tertiary/aromatic N) is 3. The third kappa shape index (κ3) is 3.99. The number of nitrogens with two attached hydrogens (primary N) is 1. The van der Waals surface area contributed by atoms with Gasteiger partial charge in [0, 0.05) is 52.6 Å². The minimum Gasteiger partial charge on any atom is -0.768 e. The van der Waals surface area contributed by atoms with Crippen LogP contribution in [0.4, 0.5) is 11.5 Å². The highest BCUT2D eigenvalue weighted by atomic mass is 32.2. The number of ether oxygens (including phenoxy) is 1. The lowest BCUT2D eigenvalue weighted by atomic mass is 10.1. The maximum Gasteiger partial charge on any atom is 0.195 e. The average Bonchev–Trinajstić information content (AvgIpc) is 3.28. The highest BCUT2D eigenvalue weighted by molar-refractivity contribution is 7.79. The summed E-state index contributed by atoms with van der Waals surface area (Å²) in [5.41, 5.74) is 9.43. The number of nitrogen functional groups attached to an aromatic ring is 1. The van der Waals surface area contributed by atoms with E-state index < -0.39 is 11.1 Å². The molecule has 9 nitrogen and oxygen atoms in total. The minimum atomic E-state index is -2.35. The highest BCUT2D eigenvalue weighted by Gasteiger charge is 2.23. The molecule has 1 saturated heterocycles. The van der Waals surface area contributed by atoms with Crippen LogP contribution in [0.1, 0.15) is 5.56 Å². The largest absolute Gasteiger partial charge is 0.768 e. The summed E-state index contributed by atoms with van der Waals surface area (Å²) in [5, 5.41) is 7.80. The molecule has 1 unspecified atom stereocenters. The van der Waals surface area contributed by atoms with Gasteiger partial charge in [-0.05, 0) is 29.3 Å². The molecule has 1 fully saturated rings. The van der Waals surface area contributed by atoms with Gasteiger partial charge in [0.2, 0.25) is 0 Å². The molecule has 4 aromatic rings. The predicted octanol–water partition coefficient (Wildman–Crippen LogP) is 3.21. The summed E-state index contributed by atoms with van der Waals surface area (Å²) in [5.74, 6) is 1.53. The van der Waals surface area contributed by atoms with Crippen molar-refractivity contribution in [3.8, 4) is 22.7 Å². The van der Waals surface area contributed by atoms with Crippen LogP contribution >= 0.6 is 0 Å². The zero-order chi connectivity index (χ0) is 22.9. The zero-order valence-electron chi connectivity index (χ0n) is 17.5. The molecule has 1 atom stereocenters. The first-order chi connectivity index (χ1) is 16.0. The molecule has 0 bridgehead atoms. The van der Waals surface area contributed by atoms with Gasteiger partial charge in [-0.2, -0.15) is 0 Å². The molecular weight excluding hydrogens is 442 g/mol. The van der Waals surface area contributed by atoms with Gasteiger partial charge in [0.15, 0.2) is 17.2 Å². The Hall–Kier alpha value is -3.60. The summed E-state index contributed by atoms with van der Waals surface area (Å²) < 4.78 is 34.5. The number of aromatic nitrogens is 2. The van der Waals surface area contributed by atoms with Gasteiger partial charge in [0.1, 0.15) is 11.3 Å². The topological polar surface area (TPSA) is 141 Å². The minimum absolute atomic E-state index is 0.170. The number of benzene rings is 2. The Morgan fingerprint density at radius 1 is 1.12 bits per heavy atom. The average molecular weight is 463 g/mol. The molecule has 33 heavy (non-hydrogen) atoms. The number of furan rings is 1. The number of morpholine rings is 1. The molecule has 168 valence electrons. The highest BCUT2D eigenvalue weighted by Crippen LogP contribution is 2.35. The Balaban J connectivity index is 1.71. The van der Waals surface area contributed by atoms with Gasteiger partial charge in [-0.25, -0.2) is 9.97 Å². The third-order valence-corrected chi connectivity index (χ3v) is 6.14. The molecule has 10 heteroatoms. The number of rotatable bonds is 5. The van der Waals surface area contributed by atoms with Gasteiger partial charge in [-0.1, -0.05) is 24.3 Å². The van der Waals surface area contributed by atoms with Crippen molar-refractivity contribution in [2.75, 3.05) is 36.9 Å². The van der Waals surface area contributed by atoms with Crippen molar-refractivity contribution >= 4 is 39.9 Å². The summed E-state index contributed by atoms with van der Waals surface area (Å²) in [6, 6.07) is 13.6. The van der Waals surface area contributed by atoms with Crippen molar-refractivity contribution in [1.82, 2.24) is 9.97 Å². The third-order valence-electron chi connectivity index (χ3n) is 5.50. The standard InChI is InChI=1S/C23H21N5O4S/c24-13-17-16(5-2-6-18(17)25)22-26-19-12-20(14-3-1-4-15(11-14)33(29)30)32-21(19)23(27-22)28-7-9-31-10-8-28/h1-6,11-13,24H,7-10,25H2,(H,29,30)/p-1. The van der Waals surface area contributed by atoms with Crippen molar-refractivity contribution in [3.05, 3.63) is 54.1 Å². The molecule has 0 spiro atoms. The monoisotopic (exact) mass is 462 g/mol. The van der Waals surface area contributed by atoms with Crippen molar-refractivity contribution in [1.29, 1.82) is 5.41 Å². The van der Waals surface area contributed by atoms with Crippen LogP contribution in [0.2, 0.25) is 0 Å². The second-order valence-corrected chi connectivity index (χ2v) is 8.45. The van der Waals surface area contributed by atoms with Crippen LogP contribution in [0.15, 0.2) is 57.8 Å². The van der Waals surface area contributed by atoms with E-state index in [9.17, 15) is 8.76 Å². The second-order valence-electron chi connectivity index (χ2n) is 7.51. The fourth-order valence-corrected chi connectivity index (χ4v) is 4.27. The summed E-state index contributed by atoms with van der Waals surface area (Å²) in [7, 11) is 0. The van der Waals surface area contributed by atoms with Gasteiger partial charge in [-0.3, -0.25) is 4.21 Å². The number of anilines is 2. The molecule has 0 saturated carbocycles. The normalized spacial score (nSPS) is 15.0. The van der Waals surface area contributed by atoms with Crippen LogP contribution in [0, 0.1) is 5.41 Å². The van der Waals surface area contributed by atoms with E-state index in [1.165, 1.54) is 12.3 Å².